The third kappa shape index (κ3) is 7.03. The smallest absolute Gasteiger partial charge is 0.329 e. The van der Waals surface area contributed by atoms with E-state index in [0.717, 1.165) is 37.0 Å². The minimum absolute atomic E-state index is 0.0964. The van der Waals surface area contributed by atoms with Crippen molar-refractivity contribution in [3.8, 4) is 17.2 Å². The molecule has 4 atom stereocenters. The molecule has 10 nitrogen and oxygen atoms in total. The van der Waals surface area contributed by atoms with Crippen molar-refractivity contribution in [2.45, 2.75) is 76.5 Å². The number of hydrogen-bond donors (Lipinski definition) is 2. The van der Waals surface area contributed by atoms with Crippen molar-refractivity contribution >= 4 is 17.8 Å². The first-order valence-corrected chi connectivity index (χ1v) is 13.9. The van der Waals surface area contributed by atoms with Gasteiger partial charge in [-0.1, -0.05) is 31.4 Å². The largest absolute Gasteiger partial charge is 0.503 e. The number of aromatic nitrogens is 1. The van der Waals surface area contributed by atoms with Crippen LogP contribution in [0.3, 0.4) is 0 Å². The molecule has 0 radical (unpaired) electrons. The van der Waals surface area contributed by atoms with Crippen molar-refractivity contribution in [2.75, 3.05) is 14.2 Å². The number of cyclic esters (lactones) is 1. The lowest BCUT2D eigenvalue weighted by Crippen LogP contribution is -2.45. The molecular weight excluding hydrogens is 516 g/mol. The molecule has 2 heterocycles. The molecule has 2 aliphatic rings. The van der Waals surface area contributed by atoms with Crippen LogP contribution in [0.2, 0.25) is 0 Å². The molecule has 1 aliphatic carbocycles. The summed E-state index contributed by atoms with van der Waals surface area (Å²) in [6.45, 7) is 1.73. The average molecular weight is 555 g/mol. The normalized spacial score (nSPS) is 23.7. The first-order chi connectivity index (χ1) is 19.3. The quantitative estimate of drug-likeness (QED) is 0.465. The van der Waals surface area contributed by atoms with E-state index in [1.54, 1.807) is 14.0 Å². The Kier molecular flexibility index (Phi) is 9.84. The lowest BCUT2D eigenvalue weighted by atomic mass is 9.86. The van der Waals surface area contributed by atoms with Crippen LogP contribution in [0.15, 0.2) is 36.5 Å². The monoisotopic (exact) mass is 554 g/mol. The molecule has 4 rings (SSSR count). The number of ether oxygens (including phenoxy) is 4. The summed E-state index contributed by atoms with van der Waals surface area (Å²) in [5.41, 5.74) is 0.802. The molecule has 2 N–H and O–H groups in total. The molecule has 10 heteroatoms. The Balaban J connectivity index is 1.53. The highest BCUT2D eigenvalue weighted by molar-refractivity contribution is 5.97. The number of nitrogens with zero attached hydrogens (tertiary/aromatic N) is 1. The SMILES string of the molecule is COc1ccc(C[C@H]2CCC[C@H](NC(=O)c3nccc(OC)c3O)C(=O)O[C@@H](C)[C@@H]2OC(=O)C2CCCC2)cc1. The van der Waals surface area contributed by atoms with Gasteiger partial charge in [-0.2, -0.15) is 0 Å². The molecule has 1 aromatic heterocycles. The Morgan fingerprint density at radius 2 is 1.75 bits per heavy atom. The maximum Gasteiger partial charge on any atom is 0.329 e. The van der Waals surface area contributed by atoms with E-state index in [1.165, 1.54) is 19.4 Å². The molecule has 2 fully saturated rings. The fraction of sp³-hybridized carbons (Fsp3) is 0.533. The van der Waals surface area contributed by atoms with Crippen LogP contribution in [0, 0.1) is 11.8 Å². The topological polar surface area (TPSA) is 133 Å². The average Bonchev–Trinajstić information content (AvgIpc) is 3.51. The number of carbonyl (C=O) groups excluding carboxylic acids is 3. The fourth-order valence-electron chi connectivity index (χ4n) is 5.57. The molecular formula is C30H38N2O8. The van der Waals surface area contributed by atoms with Crippen molar-refractivity contribution in [2.24, 2.45) is 11.8 Å². The van der Waals surface area contributed by atoms with Crippen LogP contribution >= 0.6 is 0 Å². The van der Waals surface area contributed by atoms with Gasteiger partial charge in [-0.15, -0.1) is 0 Å². The standard InChI is InChI=1S/C30H38N2O8/c1-18-27(40-29(35)20-7-4-5-8-20)21(17-19-11-13-22(37-2)14-12-19)9-6-10-23(30(36)39-18)32-28(34)25-26(33)24(38-3)15-16-31-25/h11-16,18,20-21,23,27,33H,4-10,17H2,1-3H3,(H,32,34)/t18-,21+,23-,27-/m0/s1. The van der Waals surface area contributed by atoms with Gasteiger partial charge < -0.3 is 29.4 Å². The van der Waals surface area contributed by atoms with Crippen LogP contribution in [-0.2, 0) is 25.5 Å². The highest BCUT2D eigenvalue weighted by Gasteiger charge is 2.38. The summed E-state index contributed by atoms with van der Waals surface area (Å²) in [6.07, 6.45) is 5.73. The summed E-state index contributed by atoms with van der Waals surface area (Å²) in [7, 11) is 2.98. The minimum Gasteiger partial charge on any atom is -0.503 e. The number of rotatable bonds is 8. The number of methoxy groups -OCH3 is 2. The summed E-state index contributed by atoms with van der Waals surface area (Å²) in [6, 6.07) is 8.21. The van der Waals surface area contributed by atoms with Gasteiger partial charge in [0.05, 0.1) is 20.1 Å². The zero-order chi connectivity index (χ0) is 28.6. The van der Waals surface area contributed by atoms with E-state index in [4.69, 9.17) is 18.9 Å². The summed E-state index contributed by atoms with van der Waals surface area (Å²) >= 11 is 0. The summed E-state index contributed by atoms with van der Waals surface area (Å²) in [4.78, 5) is 43.2. The first-order valence-electron chi connectivity index (χ1n) is 13.9. The molecule has 1 saturated carbocycles. The minimum atomic E-state index is -0.965. The molecule has 1 amide bonds. The van der Waals surface area contributed by atoms with Crippen LogP contribution in [0.1, 0.15) is 67.9 Å². The molecule has 1 aliphatic heterocycles. The molecule has 0 unspecified atom stereocenters. The van der Waals surface area contributed by atoms with E-state index in [9.17, 15) is 19.5 Å². The van der Waals surface area contributed by atoms with Gasteiger partial charge in [-0.05, 0) is 56.7 Å². The molecule has 40 heavy (non-hydrogen) atoms. The lowest BCUT2D eigenvalue weighted by molar-refractivity contribution is -0.174. The van der Waals surface area contributed by atoms with E-state index in [2.05, 4.69) is 10.3 Å². The lowest BCUT2D eigenvalue weighted by Gasteiger charge is -2.31. The molecule has 2 aromatic rings. The van der Waals surface area contributed by atoms with Crippen LogP contribution in [0.5, 0.6) is 17.2 Å². The zero-order valence-electron chi connectivity index (χ0n) is 23.3. The van der Waals surface area contributed by atoms with Crippen molar-refractivity contribution < 1.29 is 38.4 Å². The van der Waals surface area contributed by atoms with Crippen LogP contribution in [0.4, 0.5) is 0 Å². The Bertz CT molecular complexity index is 1180. The number of esters is 2. The van der Waals surface area contributed by atoms with Crippen LogP contribution in [0.25, 0.3) is 0 Å². The predicted octanol–water partition coefficient (Wildman–Crippen LogP) is 3.98. The number of aromatic hydroxyl groups is 1. The second-order valence-corrected chi connectivity index (χ2v) is 10.5. The van der Waals surface area contributed by atoms with Crippen LogP contribution < -0.4 is 14.8 Å². The van der Waals surface area contributed by atoms with Crippen molar-refractivity contribution in [1.29, 1.82) is 0 Å². The summed E-state index contributed by atoms with van der Waals surface area (Å²) in [5, 5.41) is 13.0. The first kappa shape index (κ1) is 29.2. The number of nitrogens with one attached hydrogen (secondary N) is 1. The number of carbonyl (C=O) groups is 3. The second kappa shape index (κ2) is 13.5. The van der Waals surface area contributed by atoms with E-state index < -0.39 is 35.9 Å². The van der Waals surface area contributed by atoms with E-state index >= 15 is 0 Å². The molecule has 1 aromatic carbocycles. The van der Waals surface area contributed by atoms with Crippen molar-refractivity contribution in [3.63, 3.8) is 0 Å². The Morgan fingerprint density at radius 1 is 1.02 bits per heavy atom. The Hall–Kier alpha value is -3.82. The summed E-state index contributed by atoms with van der Waals surface area (Å²) < 4.78 is 22.3. The fourth-order valence-corrected chi connectivity index (χ4v) is 5.57. The van der Waals surface area contributed by atoms with Crippen molar-refractivity contribution in [1.82, 2.24) is 10.3 Å². The van der Waals surface area contributed by atoms with Gasteiger partial charge >= 0.3 is 11.9 Å². The third-order valence-electron chi connectivity index (χ3n) is 7.81. The van der Waals surface area contributed by atoms with Gasteiger partial charge in [0, 0.05) is 18.2 Å². The maximum absolute atomic E-state index is 13.2. The molecule has 0 bridgehead atoms. The predicted molar refractivity (Wildman–Crippen MR) is 145 cm³/mol. The van der Waals surface area contributed by atoms with E-state index in [1.807, 2.05) is 24.3 Å². The highest BCUT2D eigenvalue weighted by Crippen LogP contribution is 2.32. The van der Waals surface area contributed by atoms with Gasteiger partial charge in [0.15, 0.2) is 17.2 Å². The number of benzene rings is 1. The molecule has 216 valence electrons. The number of amides is 1. The maximum atomic E-state index is 13.2. The molecule has 0 spiro atoms. The second-order valence-electron chi connectivity index (χ2n) is 10.5. The summed E-state index contributed by atoms with van der Waals surface area (Å²) in [5.74, 6) is -1.40. The van der Waals surface area contributed by atoms with Gasteiger partial charge in [-0.25, -0.2) is 9.78 Å². The molecule has 1 saturated heterocycles. The van der Waals surface area contributed by atoms with E-state index in [0.29, 0.717) is 25.7 Å². The Labute approximate surface area is 234 Å². The van der Waals surface area contributed by atoms with Gasteiger partial charge in [-0.3, -0.25) is 9.59 Å². The number of hydrogen-bond acceptors (Lipinski definition) is 9. The Morgan fingerprint density at radius 3 is 2.42 bits per heavy atom. The zero-order valence-corrected chi connectivity index (χ0v) is 23.3. The number of pyridine rings is 1. The van der Waals surface area contributed by atoms with Crippen molar-refractivity contribution in [3.05, 3.63) is 47.8 Å². The van der Waals surface area contributed by atoms with E-state index in [-0.39, 0.29) is 29.2 Å². The highest BCUT2D eigenvalue weighted by atomic mass is 16.6. The van der Waals surface area contributed by atoms with Gasteiger partial charge in [0.1, 0.15) is 24.0 Å². The van der Waals surface area contributed by atoms with Crippen LogP contribution in [-0.4, -0.2) is 60.4 Å². The van der Waals surface area contributed by atoms with Gasteiger partial charge in [0.25, 0.3) is 5.91 Å². The van der Waals surface area contributed by atoms with Gasteiger partial charge in [0.2, 0.25) is 0 Å². The third-order valence-corrected chi connectivity index (χ3v) is 7.81.